The number of carbonyl (C=O) groups excluding carboxylic acids is 1. The zero-order valence-electron chi connectivity index (χ0n) is 13.5. The summed E-state index contributed by atoms with van der Waals surface area (Å²) in [4.78, 5) is 14.4. The largest absolute Gasteiger partial charge is 0.348 e. The van der Waals surface area contributed by atoms with Gasteiger partial charge in [0.2, 0.25) is 5.91 Å². The van der Waals surface area contributed by atoms with Crippen molar-refractivity contribution >= 4 is 30.7 Å². The van der Waals surface area contributed by atoms with Gasteiger partial charge in [-0.2, -0.15) is 0 Å². The molecule has 132 valence electrons. The molecular weight excluding hydrogens is 340 g/mol. The van der Waals surface area contributed by atoms with Gasteiger partial charge in [0.1, 0.15) is 5.82 Å². The van der Waals surface area contributed by atoms with Crippen molar-refractivity contribution < 1.29 is 9.18 Å². The van der Waals surface area contributed by atoms with Crippen LogP contribution in [0.4, 0.5) is 4.39 Å². The molecule has 1 aromatic rings. The van der Waals surface area contributed by atoms with E-state index in [2.05, 4.69) is 29.4 Å². The molecule has 1 aromatic carbocycles. The van der Waals surface area contributed by atoms with E-state index in [1.54, 1.807) is 12.1 Å². The van der Waals surface area contributed by atoms with E-state index in [4.69, 9.17) is 0 Å². The fourth-order valence-corrected chi connectivity index (χ4v) is 2.60. The maximum absolute atomic E-state index is 13.0. The lowest BCUT2D eigenvalue weighted by molar-refractivity contribution is -0.123. The summed E-state index contributed by atoms with van der Waals surface area (Å²) in [5.41, 5.74) is 0.945. The number of halogens is 3. The lowest BCUT2D eigenvalue weighted by Gasteiger charge is -2.28. The molecule has 1 aliphatic heterocycles. The van der Waals surface area contributed by atoms with E-state index in [0.29, 0.717) is 6.54 Å². The van der Waals surface area contributed by atoms with Gasteiger partial charge in [-0.3, -0.25) is 9.69 Å². The van der Waals surface area contributed by atoms with E-state index < -0.39 is 0 Å². The van der Waals surface area contributed by atoms with Crippen molar-refractivity contribution in [3.8, 4) is 0 Å². The van der Waals surface area contributed by atoms with Crippen LogP contribution in [0.2, 0.25) is 0 Å². The molecule has 2 N–H and O–H groups in total. The van der Waals surface area contributed by atoms with Crippen LogP contribution >= 0.6 is 24.8 Å². The minimum Gasteiger partial charge on any atom is -0.348 e. The van der Waals surface area contributed by atoms with E-state index in [-0.39, 0.29) is 48.5 Å². The molecule has 0 bridgehead atoms. The van der Waals surface area contributed by atoms with Crippen LogP contribution in [-0.2, 0) is 4.79 Å². The van der Waals surface area contributed by atoms with Gasteiger partial charge < -0.3 is 10.6 Å². The Bertz CT molecular complexity index is 465. The summed E-state index contributed by atoms with van der Waals surface area (Å²) in [6.45, 7) is 8.19. The van der Waals surface area contributed by atoms with Crippen LogP contribution in [0.3, 0.4) is 0 Å². The van der Waals surface area contributed by atoms with Crippen LogP contribution in [0.5, 0.6) is 0 Å². The zero-order valence-corrected chi connectivity index (χ0v) is 15.2. The van der Waals surface area contributed by atoms with Gasteiger partial charge in [-0.1, -0.05) is 26.0 Å². The number of nitrogens with zero attached hydrogens (tertiary/aromatic N) is 1. The number of amides is 1. The first-order valence-corrected chi connectivity index (χ1v) is 7.54. The molecule has 1 heterocycles. The van der Waals surface area contributed by atoms with Crippen molar-refractivity contribution in [1.29, 1.82) is 0 Å². The second kappa shape index (κ2) is 10.8. The second-order valence-electron chi connectivity index (χ2n) is 5.87. The fourth-order valence-electron chi connectivity index (χ4n) is 2.60. The summed E-state index contributed by atoms with van der Waals surface area (Å²) in [5, 5.41) is 6.35. The van der Waals surface area contributed by atoms with Crippen molar-refractivity contribution in [2.75, 3.05) is 32.7 Å². The molecule has 23 heavy (non-hydrogen) atoms. The van der Waals surface area contributed by atoms with Gasteiger partial charge >= 0.3 is 0 Å². The molecule has 1 fully saturated rings. The lowest BCUT2D eigenvalue weighted by atomic mass is 9.96. The highest BCUT2D eigenvalue weighted by Gasteiger charge is 2.20. The Morgan fingerprint density at radius 3 is 2.30 bits per heavy atom. The van der Waals surface area contributed by atoms with E-state index in [1.165, 1.54) is 12.1 Å². The van der Waals surface area contributed by atoms with Crippen molar-refractivity contribution in [3.05, 3.63) is 35.6 Å². The Kier molecular flexibility index (Phi) is 10.4. The van der Waals surface area contributed by atoms with Crippen LogP contribution in [0, 0.1) is 11.7 Å². The summed E-state index contributed by atoms with van der Waals surface area (Å²) >= 11 is 0. The van der Waals surface area contributed by atoms with Gasteiger partial charge in [0.05, 0.1) is 12.6 Å². The van der Waals surface area contributed by atoms with Gasteiger partial charge in [-0.05, 0) is 23.6 Å². The Hall–Kier alpha value is -0.880. The Morgan fingerprint density at radius 1 is 1.22 bits per heavy atom. The Morgan fingerprint density at radius 2 is 1.78 bits per heavy atom. The summed E-state index contributed by atoms with van der Waals surface area (Å²) in [6, 6.07) is 6.28. The van der Waals surface area contributed by atoms with Crippen molar-refractivity contribution in [2.24, 2.45) is 5.92 Å². The van der Waals surface area contributed by atoms with E-state index in [0.717, 1.165) is 31.7 Å². The van der Waals surface area contributed by atoms with E-state index in [1.807, 2.05) is 0 Å². The number of nitrogens with one attached hydrogen (secondary N) is 2. The fraction of sp³-hybridized carbons (Fsp3) is 0.562. The predicted octanol–water partition coefficient (Wildman–Crippen LogP) is 2.39. The predicted molar refractivity (Wildman–Crippen MR) is 95.9 cm³/mol. The van der Waals surface area contributed by atoms with Crippen LogP contribution in [0.1, 0.15) is 25.5 Å². The first-order valence-electron chi connectivity index (χ1n) is 7.54. The third-order valence-electron chi connectivity index (χ3n) is 3.79. The molecule has 1 amide bonds. The SMILES string of the molecule is CC(C)C(NC(=O)CN1CCNCC1)c1ccc(F)cc1.Cl.Cl. The van der Waals surface area contributed by atoms with Crippen molar-refractivity contribution in [1.82, 2.24) is 15.5 Å². The monoisotopic (exact) mass is 365 g/mol. The van der Waals surface area contributed by atoms with Crippen molar-refractivity contribution in [3.63, 3.8) is 0 Å². The molecule has 1 aliphatic rings. The van der Waals surface area contributed by atoms with Crippen LogP contribution < -0.4 is 10.6 Å². The van der Waals surface area contributed by atoms with Gasteiger partial charge in [0, 0.05) is 26.2 Å². The first kappa shape index (κ1) is 22.1. The van der Waals surface area contributed by atoms with Gasteiger partial charge in [0.15, 0.2) is 0 Å². The average molecular weight is 366 g/mol. The smallest absolute Gasteiger partial charge is 0.234 e. The highest BCUT2D eigenvalue weighted by molar-refractivity contribution is 5.85. The third-order valence-corrected chi connectivity index (χ3v) is 3.79. The summed E-state index contributed by atoms with van der Waals surface area (Å²) in [5.74, 6) is 0.0239. The number of carbonyl (C=O) groups is 1. The van der Waals surface area contributed by atoms with Crippen LogP contribution in [0.25, 0.3) is 0 Å². The molecule has 7 heteroatoms. The third kappa shape index (κ3) is 7.04. The molecule has 1 atom stereocenters. The highest BCUT2D eigenvalue weighted by Crippen LogP contribution is 2.21. The minimum absolute atomic E-state index is 0. The summed E-state index contributed by atoms with van der Waals surface area (Å²) in [7, 11) is 0. The summed E-state index contributed by atoms with van der Waals surface area (Å²) < 4.78 is 13.0. The number of hydrogen-bond acceptors (Lipinski definition) is 3. The van der Waals surface area contributed by atoms with Crippen LogP contribution in [-0.4, -0.2) is 43.5 Å². The lowest BCUT2D eigenvalue weighted by Crippen LogP contribution is -2.48. The quantitative estimate of drug-likeness (QED) is 0.841. The molecule has 1 unspecified atom stereocenters. The molecular formula is C16H26Cl2FN3O. The number of benzene rings is 1. The first-order chi connectivity index (χ1) is 10.1. The average Bonchev–Trinajstić information content (AvgIpc) is 2.47. The van der Waals surface area contributed by atoms with Crippen molar-refractivity contribution in [2.45, 2.75) is 19.9 Å². The van der Waals surface area contributed by atoms with Crippen LogP contribution in [0.15, 0.2) is 24.3 Å². The van der Waals surface area contributed by atoms with E-state index in [9.17, 15) is 9.18 Å². The Labute approximate surface area is 150 Å². The minimum atomic E-state index is -0.256. The molecule has 0 aromatic heterocycles. The van der Waals surface area contributed by atoms with Gasteiger partial charge in [0.25, 0.3) is 0 Å². The molecule has 0 aliphatic carbocycles. The number of piperazine rings is 1. The normalized spacial score (nSPS) is 16.2. The maximum atomic E-state index is 13.0. The molecule has 4 nitrogen and oxygen atoms in total. The van der Waals surface area contributed by atoms with E-state index >= 15 is 0 Å². The molecule has 2 rings (SSSR count). The zero-order chi connectivity index (χ0) is 15.2. The standard InChI is InChI=1S/C16H24FN3O.2ClH/c1-12(2)16(13-3-5-14(17)6-4-13)19-15(21)11-20-9-7-18-8-10-20;;/h3-6,12,16,18H,7-11H2,1-2H3,(H,19,21);2*1H. The molecule has 1 saturated heterocycles. The van der Waals surface area contributed by atoms with Gasteiger partial charge in [-0.15, -0.1) is 24.8 Å². The molecule has 0 spiro atoms. The highest BCUT2D eigenvalue weighted by atomic mass is 35.5. The molecule has 0 saturated carbocycles. The number of hydrogen-bond donors (Lipinski definition) is 2. The molecule has 0 radical (unpaired) electrons. The topological polar surface area (TPSA) is 44.4 Å². The van der Waals surface area contributed by atoms with Gasteiger partial charge in [-0.25, -0.2) is 4.39 Å². The maximum Gasteiger partial charge on any atom is 0.234 e. The Balaban J connectivity index is 0.00000242. The second-order valence-corrected chi connectivity index (χ2v) is 5.87. The summed E-state index contributed by atoms with van der Waals surface area (Å²) in [6.07, 6.45) is 0. The number of rotatable bonds is 5.